The van der Waals surface area contributed by atoms with E-state index < -0.39 is 0 Å². The van der Waals surface area contributed by atoms with Gasteiger partial charge >= 0.3 is 6.03 Å². The first-order chi connectivity index (χ1) is 14.4. The number of rotatable bonds is 7. The number of aromatic nitrogens is 2. The number of anilines is 1. The zero-order chi connectivity index (χ0) is 21.7. The van der Waals surface area contributed by atoms with Crippen LogP contribution in [-0.4, -0.2) is 48.5 Å². The predicted octanol–water partition coefficient (Wildman–Crippen LogP) is 3.92. The number of hydrogen-bond acceptors (Lipinski definition) is 4. The molecule has 2 aromatic carbocycles. The van der Waals surface area contributed by atoms with Gasteiger partial charge in [0.05, 0.1) is 24.5 Å². The molecule has 158 valence electrons. The quantitative estimate of drug-likeness (QED) is 0.623. The van der Waals surface area contributed by atoms with Crippen molar-refractivity contribution in [3.8, 4) is 11.4 Å². The number of nitrogens with zero attached hydrogens (tertiary/aromatic N) is 3. The SMILES string of the molecule is COc1ccccc1[C@H](CNC(=O)Nc1cccc(-n2nc(C)cc2C)c1)N(C)C. The number of benzene rings is 2. The molecule has 0 aliphatic carbocycles. The normalized spacial score (nSPS) is 11.9. The topological polar surface area (TPSA) is 71.4 Å². The van der Waals surface area contributed by atoms with E-state index in [4.69, 9.17) is 4.74 Å². The van der Waals surface area contributed by atoms with Gasteiger partial charge in [0.1, 0.15) is 5.75 Å². The molecule has 1 aromatic heterocycles. The van der Waals surface area contributed by atoms with Crippen LogP contribution in [0.2, 0.25) is 0 Å². The molecule has 1 heterocycles. The molecule has 0 saturated carbocycles. The predicted molar refractivity (Wildman–Crippen MR) is 119 cm³/mol. The molecule has 30 heavy (non-hydrogen) atoms. The van der Waals surface area contributed by atoms with Gasteiger partial charge in [-0.2, -0.15) is 5.10 Å². The molecule has 0 fully saturated rings. The van der Waals surface area contributed by atoms with E-state index in [9.17, 15) is 4.79 Å². The summed E-state index contributed by atoms with van der Waals surface area (Å²) in [5, 5.41) is 10.4. The Balaban J connectivity index is 1.68. The molecule has 3 rings (SSSR count). The van der Waals surface area contributed by atoms with Crippen LogP contribution in [0.15, 0.2) is 54.6 Å². The standard InChI is InChI=1S/C23H29N5O2/c1-16-13-17(2)28(26-16)19-10-8-9-18(14-19)25-23(29)24-15-21(27(3)4)20-11-6-7-12-22(20)30-5/h6-14,21H,15H2,1-5H3,(H2,24,25,29)/t21-/m0/s1. The molecule has 3 aromatic rings. The van der Waals surface area contributed by atoms with Gasteiger partial charge in [-0.25, -0.2) is 9.48 Å². The van der Waals surface area contributed by atoms with Gasteiger partial charge in [-0.15, -0.1) is 0 Å². The van der Waals surface area contributed by atoms with Gasteiger partial charge in [-0.3, -0.25) is 0 Å². The Morgan fingerprint density at radius 2 is 1.90 bits per heavy atom. The minimum absolute atomic E-state index is 0.0204. The van der Waals surface area contributed by atoms with Gasteiger partial charge in [-0.05, 0) is 58.3 Å². The second-order valence-corrected chi connectivity index (χ2v) is 7.45. The Bertz CT molecular complexity index is 1010. The summed E-state index contributed by atoms with van der Waals surface area (Å²) in [6.45, 7) is 4.41. The van der Waals surface area contributed by atoms with Gasteiger partial charge in [0.2, 0.25) is 0 Å². The first kappa shape index (κ1) is 21.4. The molecular formula is C23H29N5O2. The Morgan fingerprint density at radius 1 is 1.13 bits per heavy atom. The first-order valence-corrected chi connectivity index (χ1v) is 9.87. The average molecular weight is 408 g/mol. The van der Waals surface area contributed by atoms with Crippen molar-refractivity contribution in [3.05, 3.63) is 71.5 Å². The number of methoxy groups -OCH3 is 1. The van der Waals surface area contributed by atoms with E-state index in [1.807, 2.05) is 87.2 Å². The maximum atomic E-state index is 12.5. The number of hydrogen-bond donors (Lipinski definition) is 2. The van der Waals surface area contributed by atoms with Crippen LogP contribution in [0.1, 0.15) is 23.0 Å². The van der Waals surface area contributed by atoms with Crippen molar-refractivity contribution in [2.75, 3.05) is 33.1 Å². The van der Waals surface area contributed by atoms with Crippen molar-refractivity contribution in [3.63, 3.8) is 0 Å². The molecule has 7 nitrogen and oxygen atoms in total. The number of amides is 2. The molecule has 1 atom stereocenters. The third-order valence-electron chi connectivity index (χ3n) is 4.94. The molecule has 0 unspecified atom stereocenters. The number of para-hydroxylation sites is 1. The molecule has 0 spiro atoms. The van der Waals surface area contributed by atoms with E-state index in [-0.39, 0.29) is 12.1 Å². The van der Waals surface area contributed by atoms with E-state index in [1.54, 1.807) is 7.11 Å². The molecular weight excluding hydrogens is 378 g/mol. The number of likely N-dealkylation sites (N-methyl/N-ethyl adjacent to an activating group) is 1. The summed E-state index contributed by atoms with van der Waals surface area (Å²) in [5.74, 6) is 0.802. The van der Waals surface area contributed by atoms with Crippen LogP contribution < -0.4 is 15.4 Å². The second kappa shape index (κ2) is 9.45. The Morgan fingerprint density at radius 3 is 2.57 bits per heavy atom. The zero-order valence-electron chi connectivity index (χ0n) is 18.1. The van der Waals surface area contributed by atoms with Crippen LogP contribution in [0.4, 0.5) is 10.5 Å². The molecule has 0 bridgehead atoms. The van der Waals surface area contributed by atoms with Crippen molar-refractivity contribution >= 4 is 11.7 Å². The van der Waals surface area contributed by atoms with Crippen molar-refractivity contribution in [1.82, 2.24) is 20.0 Å². The zero-order valence-corrected chi connectivity index (χ0v) is 18.1. The van der Waals surface area contributed by atoms with E-state index >= 15 is 0 Å². The highest BCUT2D eigenvalue weighted by molar-refractivity contribution is 5.89. The third kappa shape index (κ3) is 4.99. The van der Waals surface area contributed by atoms with E-state index in [1.165, 1.54) is 0 Å². The summed E-state index contributed by atoms with van der Waals surface area (Å²) in [6.07, 6.45) is 0. The Labute approximate surface area is 177 Å². The molecule has 2 N–H and O–H groups in total. The minimum Gasteiger partial charge on any atom is -0.496 e. The molecule has 0 aliphatic rings. The van der Waals surface area contributed by atoms with Crippen LogP contribution in [0.5, 0.6) is 5.75 Å². The summed E-state index contributed by atoms with van der Waals surface area (Å²) in [6, 6.07) is 17.2. The number of carbonyl (C=O) groups is 1. The van der Waals surface area contributed by atoms with Crippen LogP contribution >= 0.6 is 0 Å². The highest BCUT2D eigenvalue weighted by Gasteiger charge is 2.19. The summed E-state index contributed by atoms with van der Waals surface area (Å²) >= 11 is 0. The maximum Gasteiger partial charge on any atom is 0.319 e. The number of urea groups is 1. The smallest absolute Gasteiger partial charge is 0.319 e. The minimum atomic E-state index is -0.262. The lowest BCUT2D eigenvalue weighted by Crippen LogP contribution is -2.37. The fraction of sp³-hybridized carbons (Fsp3) is 0.304. The van der Waals surface area contributed by atoms with E-state index in [2.05, 4.69) is 20.6 Å². The Kier molecular flexibility index (Phi) is 6.74. The largest absolute Gasteiger partial charge is 0.496 e. The van der Waals surface area contributed by atoms with Gasteiger partial charge < -0.3 is 20.3 Å². The Hall–Kier alpha value is -3.32. The van der Waals surface area contributed by atoms with E-state index in [0.29, 0.717) is 12.2 Å². The summed E-state index contributed by atoms with van der Waals surface area (Å²) in [5.41, 5.74) is 4.63. The van der Waals surface area contributed by atoms with Crippen LogP contribution in [-0.2, 0) is 0 Å². The van der Waals surface area contributed by atoms with Gasteiger partial charge in [-0.1, -0.05) is 24.3 Å². The third-order valence-corrected chi connectivity index (χ3v) is 4.94. The summed E-state index contributed by atoms with van der Waals surface area (Å²) < 4.78 is 7.35. The lowest BCUT2D eigenvalue weighted by atomic mass is 10.0. The maximum absolute atomic E-state index is 12.5. The van der Waals surface area contributed by atoms with Gasteiger partial charge in [0.15, 0.2) is 0 Å². The highest BCUT2D eigenvalue weighted by Crippen LogP contribution is 2.27. The van der Waals surface area contributed by atoms with Gasteiger partial charge in [0, 0.05) is 23.5 Å². The van der Waals surface area contributed by atoms with Gasteiger partial charge in [0.25, 0.3) is 0 Å². The van der Waals surface area contributed by atoms with Crippen molar-refractivity contribution in [1.29, 1.82) is 0 Å². The molecule has 0 radical (unpaired) electrons. The second-order valence-electron chi connectivity index (χ2n) is 7.45. The fourth-order valence-corrected chi connectivity index (χ4v) is 3.48. The van der Waals surface area contributed by atoms with Crippen LogP contribution in [0.3, 0.4) is 0 Å². The number of aryl methyl sites for hydroxylation is 2. The van der Waals surface area contributed by atoms with Crippen LogP contribution in [0, 0.1) is 13.8 Å². The number of carbonyl (C=O) groups excluding carboxylic acids is 1. The number of ether oxygens (including phenoxy) is 1. The van der Waals surface area contributed by atoms with E-state index in [0.717, 1.165) is 28.4 Å². The van der Waals surface area contributed by atoms with Crippen molar-refractivity contribution in [2.45, 2.75) is 19.9 Å². The summed E-state index contributed by atoms with van der Waals surface area (Å²) in [4.78, 5) is 14.6. The molecule has 7 heteroatoms. The molecule has 0 saturated heterocycles. The molecule has 2 amide bonds. The first-order valence-electron chi connectivity index (χ1n) is 9.87. The lowest BCUT2D eigenvalue weighted by Gasteiger charge is -2.26. The lowest BCUT2D eigenvalue weighted by molar-refractivity contribution is 0.242. The average Bonchev–Trinajstić information content (AvgIpc) is 3.06. The number of nitrogens with one attached hydrogen (secondary N) is 2. The monoisotopic (exact) mass is 407 g/mol. The van der Waals surface area contributed by atoms with Crippen LogP contribution in [0.25, 0.3) is 5.69 Å². The fourth-order valence-electron chi connectivity index (χ4n) is 3.48. The van der Waals surface area contributed by atoms with Crippen molar-refractivity contribution < 1.29 is 9.53 Å². The van der Waals surface area contributed by atoms with Crippen molar-refractivity contribution in [2.24, 2.45) is 0 Å². The highest BCUT2D eigenvalue weighted by atomic mass is 16.5. The molecule has 0 aliphatic heterocycles. The summed E-state index contributed by atoms with van der Waals surface area (Å²) in [7, 11) is 5.62.